The molecule has 3 N–H and O–H groups in total. The first-order chi connectivity index (χ1) is 11.4. The summed E-state index contributed by atoms with van der Waals surface area (Å²) in [5.41, 5.74) is 0.801. The highest BCUT2D eigenvalue weighted by atomic mass is 16.5. The van der Waals surface area contributed by atoms with E-state index < -0.39 is 18.2 Å². The summed E-state index contributed by atoms with van der Waals surface area (Å²) < 4.78 is 11.5. The summed E-state index contributed by atoms with van der Waals surface area (Å²) in [4.78, 5) is 12.1. The molecule has 0 aromatic heterocycles. The first-order valence-electron chi connectivity index (χ1n) is 8.45. The van der Waals surface area contributed by atoms with Crippen molar-refractivity contribution in [1.82, 2.24) is 5.32 Å². The molecule has 1 saturated carbocycles. The van der Waals surface area contributed by atoms with E-state index in [4.69, 9.17) is 9.47 Å². The van der Waals surface area contributed by atoms with Crippen molar-refractivity contribution in [1.29, 1.82) is 0 Å². The molecule has 6 nitrogen and oxygen atoms in total. The summed E-state index contributed by atoms with van der Waals surface area (Å²) in [6.07, 6.45) is 1.09. The number of ether oxygens (including phenoxy) is 2. The third kappa shape index (κ3) is 3.65. The summed E-state index contributed by atoms with van der Waals surface area (Å²) in [5.74, 6) is 0.934. The van der Waals surface area contributed by atoms with Gasteiger partial charge in [-0.15, -0.1) is 0 Å². The number of amides is 1. The second-order valence-corrected chi connectivity index (χ2v) is 7.23. The normalized spacial score (nSPS) is 27.9. The Bertz CT molecular complexity index is 615. The van der Waals surface area contributed by atoms with Crippen molar-refractivity contribution in [3.63, 3.8) is 0 Å². The third-order valence-electron chi connectivity index (χ3n) is 4.58. The van der Waals surface area contributed by atoms with E-state index in [0.29, 0.717) is 24.3 Å². The molecule has 0 unspecified atom stereocenters. The van der Waals surface area contributed by atoms with Gasteiger partial charge in [0.05, 0.1) is 18.2 Å². The van der Waals surface area contributed by atoms with Crippen LogP contribution in [0.2, 0.25) is 0 Å². The van der Waals surface area contributed by atoms with Crippen LogP contribution in [0, 0.1) is 0 Å². The van der Waals surface area contributed by atoms with E-state index in [1.807, 2.05) is 26.0 Å². The van der Waals surface area contributed by atoms with Crippen LogP contribution in [0.3, 0.4) is 0 Å². The van der Waals surface area contributed by atoms with Crippen molar-refractivity contribution in [2.75, 3.05) is 6.61 Å². The van der Waals surface area contributed by atoms with E-state index in [2.05, 4.69) is 5.32 Å². The van der Waals surface area contributed by atoms with Crippen LogP contribution in [0.5, 0.6) is 11.5 Å². The number of rotatable bonds is 4. The van der Waals surface area contributed by atoms with Crippen LogP contribution in [0.25, 0.3) is 0 Å². The molecule has 1 aromatic carbocycles. The predicted octanol–water partition coefficient (Wildman–Crippen LogP) is 1.17. The summed E-state index contributed by atoms with van der Waals surface area (Å²) in [6.45, 7) is 3.87. The highest BCUT2D eigenvalue weighted by Gasteiger charge is 2.33. The minimum absolute atomic E-state index is 0.153. The number of aliphatic hydroxyl groups excluding tert-OH is 2. The van der Waals surface area contributed by atoms with Crippen LogP contribution in [0.15, 0.2) is 18.2 Å². The summed E-state index contributed by atoms with van der Waals surface area (Å²) in [7, 11) is 0. The molecular formula is C18H25NO5. The number of aliphatic hydroxyl groups is 2. The molecule has 3 atom stereocenters. The second-order valence-electron chi connectivity index (χ2n) is 7.23. The number of nitrogens with one attached hydrogen (secondary N) is 1. The Kier molecular flexibility index (Phi) is 4.69. The number of fused-ring (bicyclic) bond motifs is 1. The SMILES string of the molecule is CC1(C)Cc2cccc(OCC(=O)N[C@@H]3CCC[C@@H](O)[C@@H]3O)c2O1. The fourth-order valence-corrected chi connectivity index (χ4v) is 3.41. The average Bonchev–Trinajstić information content (AvgIpc) is 2.84. The van der Waals surface area contributed by atoms with Gasteiger partial charge < -0.3 is 25.0 Å². The Hall–Kier alpha value is -1.79. The number of hydrogen-bond donors (Lipinski definition) is 3. The molecule has 1 heterocycles. The first-order valence-corrected chi connectivity index (χ1v) is 8.45. The molecule has 0 bridgehead atoms. The van der Waals surface area contributed by atoms with Gasteiger partial charge in [0.15, 0.2) is 18.1 Å². The Labute approximate surface area is 141 Å². The van der Waals surface area contributed by atoms with Crippen LogP contribution >= 0.6 is 0 Å². The largest absolute Gasteiger partial charge is 0.483 e. The van der Waals surface area contributed by atoms with E-state index in [1.165, 1.54) is 0 Å². The first kappa shape index (κ1) is 17.0. The molecule has 1 fully saturated rings. The smallest absolute Gasteiger partial charge is 0.258 e. The van der Waals surface area contributed by atoms with Gasteiger partial charge >= 0.3 is 0 Å². The maximum Gasteiger partial charge on any atom is 0.258 e. The average molecular weight is 335 g/mol. The Morgan fingerprint density at radius 3 is 2.96 bits per heavy atom. The molecule has 6 heteroatoms. The second kappa shape index (κ2) is 6.61. The molecule has 1 aliphatic carbocycles. The lowest BCUT2D eigenvalue weighted by molar-refractivity contribution is -0.126. The predicted molar refractivity (Wildman–Crippen MR) is 88.1 cm³/mol. The molecule has 1 amide bonds. The van der Waals surface area contributed by atoms with Crippen molar-refractivity contribution < 1.29 is 24.5 Å². The molecule has 1 aliphatic heterocycles. The van der Waals surface area contributed by atoms with Crippen molar-refractivity contribution in [3.8, 4) is 11.5 Å². The van der Waals surface area contributed by atoms with Gasteiger partial charge in [-0.3, -0.25) is 4.79 Å². The van der Waals surface area contributed by atoms with Crippen molar-refractivity contribution in [2.45, 2.75) is 63.4 Å². The quantitative estimate of drug-likeness (QED) is 0.769. The van der Waals surface area contributed by atoms with E-state index in [-0.39, 0.29) is 18.1 Å². The summed E-state index contributed by atoms with van der Waals surface area (Å²) in [5, 5.41) is 22.3. The van der Waals surface area contributed by atoms with E-state index in [9.17, 15) is 15.0 Å². The molecule has 3 rings (SSSR count). The van der Waals surface area contributed by atoms with E-state index in [0.717, 1.165) is 18.4 Å². The van der Waals surface area contributed by atoms with Gasteiger partial charge in [0.2, 0.25) is 0 Å². The highest BCUT2D eigenvalue weighted by molar-refractivity contribution is 5.78. The van der Waals surface area contributed by atoms with Gasteiger partial charge in [0.1, 0.15) is 5.60 Å². The fourth-order valence-electron chi connectivity index (χ4n) is 3.41. The maximum atomic E-state index is 12.1. The number of benzene rings is 1. The lowest BCUT2D eigenvalue weighted by atomic mass is 9.90. The van der Waals surface area contributed by atoms with Crippen molar-refractivity contribution >= 4 is 5.91 Å². The van der Waals surface area contributed by atoms with Crippen molar-refractivity contribution in [2.24, 2.45) is 0 Å². The number of hydrogen-bond acceptors (Lipinski definition) is 5. The van der Waals surface area contributed by atoms with Gasteiger partial charge in [0.25, 0.3) is 5.91 Å². The minimum Gasteiger partial charge on any atom is -0.483 e. The van der Waals surface area contributed by atoms with E-state index >= 15 is 0 Å². The molecule has 24 heavy (non-hydrogen) atoms. The lowest BCUT2D eigenvalue weighted by Crippen LogP contribution is -2.51. The lowest BCUT2D eigenvalue weighted by Gasteiger charge is -2.32. The van der Waals surface area contributed by atoms with Gasteiger partial charge in [0, 0.05) is 12.0 Å². The van der Waals surface area contributed by atoms with Gasteiger partial charge in [-0.25, -0.2) is 0 Å². The van der Waals surface area contributed by atoms with Crippen LogP contribution < -0.4 is 14.8 Å². The third-order valence-corrected chi connectivity index (χ3v) is 4.58. The van der Waals surface area contributed by atoms with Crippen LogP contribution in [-0.2, 0) is 11.2 Å². The standard InChI is InChI=1S/C18H25NO5/c1-18(2)9-11-5-3-8-14(17(11)24-18)23-10-15(21)19-12-6-4-7-13(20)16(12)22/h3,5,8,12-13,16,20,22H,4,6-7,9-10H2,1-2H3,(H,19,21)/t12-,13-,16-/m1/s1. The molecule has 2 aliphatic rings. The Morgan fingerprint density at radius 1 is 1.38 bits per heavy atom. The molecule has 132 valence electrons. The summed E-state index contributed by atoms with van der Waals surface area (Å²) in [6, 6.07) is 5.24. The van der Waals surface area contributed by atoms with Gasteiger partial charge in [-0.1, -0.05) is 12.1 Å². The molecule has 0 spiro atoms. The molecular weight excluding hydrogens is 310 g/mol. The van der Waals surface area contributed by atoms with Gasteiger partial charge in [-0.05, 0) is 39.2 Å². The van der Waals surface area contributed by atoms with Crippen LogP contribution in [0.1, 0.15) is 38.7 Å². The minimum atomic E-state index is -0.923. The Morgan fingerprint density at radius 2 is 2.17 bits per heavy atom. The number of carbonyl (C=O) groups excluding carboxylic acids is 1. The fraction of sp³-hybridized carbons (Fsp3) is 0.611. The topological polar surface area (TPSA) is 88.0 Å². The maximum absolute atomic E-state index is 12.1. The molecule has 0 saturated heterocycles. The zero-order valence-electron chi connectivity index (χ0n) is 14.1. The zero-order chi connectivity index (χ0) is 17.3. The summed E-state index contributed by atoms with van der Waals surface area (Å²) >= 11 is 0. The highest BCUT2D eigenvalue weighted by Crippen LogP contribution is 2.41. The van der Waals surface area contributed by atoms with E-state index in [1.54, 1.807) is 6.07 Å². The monoisotopic (exact) mass is 335 g/mol. The van der Waals surface area contributed by atoms with Gasteiger partial charge in [-0.2, -0.15) is 0 Å². The Balaban J connectivity index is 1.57. The van der Waals surface area contributed by atoms with Crippen LogP contribution in [0.4, 0.5) is 0 Å². The zero-order valence-corrected chi connectivity index (χ0v) is 14.1. The number of para-hydroxylation sites is 1. The van der Waals surface area contributed by atoms with Crippen molar-refractivity contribution in [3.05, 3.63) is 23.8 Å². The molecule has 0 radical (unpaired) electrons. The van der Waals surface area contributed by atoms with Crippen LogP contribution in [-0.4, -0.2) is 46.6 Å². The molecule has 1 aromatic rings. The number of carbonyl (C=O) groups is 1.